The van der Waals surface area contributed by atoms with E-state index in [9.17, 15) is 0 Å². The van der Waals surface area contributed by atoms with Crippen molar-refractivity contribution in [3.05, 3.63) is 72.4 Å². The van der Waals surface area contributed by atoms with Gasteiger partial charge in [-0.15, -0.1) is 10.2 Å². The van der Waals surface area contributed by atoms with Gasteiger partial charge in [0.05, 0.1) is 5.69 Å². The summed E-state index contributed by atoms with van der Waals surface area (Å²) in [6.07, 6.45) is 1.58. The van der Waals surface area contributed by atoms with E-state index in [2.05, 4.69) is 15.2 Å². The van der Waals surface area contributed by atoms with Crippen LogP contribution < -0.4 is 4.74 Å². The lowest BCUT2D eigenvalue weighted by atomic mass is 10.1. The average Bonchev–Trinajstić information content (AvgIpc) is 2.64. The molecule has 5 nitrogen and oxygen atoms in total. The summed E-state index contributed by atoms with van der Waals surface area (Å²) in [7, 11) is 1.66. The molecule has 5 heteroatoms. The third-order valence-corrected chi connectivity index (χ3v) is 3.41. The molecular formula is C18H17N3O2. The van der Waals surface area contributed by atoms with E-state index in [1.807, 2.05) is 54.6 Å². The van der Waals surface area contributed by atoms with Gasteiger partial charge in [0.2, 0.25) is 5.88 Å². The zero-order valence-corrected chi connectivity index (χ0v) is 12.8. The fourth-order valence-corrected chi connectivity index (χ4v) is 2.18. The smallest absolute Gasteiger partial charge is 0.233 e. The van der Waals surface area contributed by atoms with Crippen molar-refractivity contribution >= 4 is 0 Å². The summed E-state index contributed by atoms with van der Waals surface area (Å²) in [5.41, 5.74) is 2.56. The second-order valence-electron chi connectivity index (χ2n) is 4.92. The Bertz CT molecular complexity index is 718. The van der Waals surface area contributed by atoms with Gasteiger partial charge in [-0.1, -0.05) is 36.4 Å². The van der Waals surface area contributed by atoms with Crippen molar-refractivity contribution in [1.82, 2.24) is 15.2 Å². The molecule has 23 heavy (non-hydrogen) atoms. The number of hydrogen-bond donors (Lipinski definition) is 0. The topological polar surface area (TPSA) is 57.1 Å². The van der Waals surface area contributed by atoms with E-state index in [0.29, 0.717) is 18.2 Å². The predicted molar refractivity (Wildman–Crippen MR) is 87.0 cm³/mol. The van der Waals surface area contributed by atoms with Crippen LogP contribution in [0.5, 0.6) is 5.88 Å². The molecule has 0 radical (unpaired) electrons. The molecule has 1 unspecified atom stereocenters. The fourth-order valence-electron chi connectivity index (χ4n) is 2.18. The first-order valence-corrected chi connectivity index (χ1v) is 7.32. The van der Waals surface area contributed by atoms with Gasteiger partial charge < -0.3 is 9.47 Å². The summed E-state index contributed by atoms with van der Waals surface area (Å²) in [6, 6.07) is 19.2. The lowest BCUT2D eigenvalue weighted by Gasteiger charge is -2.16. The van der Waals surface area contributed by atoms with Gasteiger partial charge in [-0.2, -0.15) is 0 Å². The van der Waals surface area contributed by atoms with Gasteiger partial charge in [0.25, 0.3) is 0 Å². The van der Waals surface area contributed by atoms with Gasteiger partial charge >= 0.3 is 0 Å². The summed E-state index contributed by atoms with van der Waals surface area (Å²) in [5.74, 6) is 0.461. The van der Waals surface area contributed by atoms with Crippen molar-refractivity contribution in [3.8, 4) is 17.3 Å². The van der Waals surface area contributed by atoms with Gasteiger partial charge in [0.1, 0.15) is 18.4 Å². The first-order chi connectivity index (χ1) is 11.4. The Morgan fingerprint density at radius 2 is 1.70 bits per heavy atom. The maximum Gasteiger partial charge on any atom is 0.233 e. The number of aromatic nitrogens is 3. The Morgan fingerprint density at radius 3 is 2.35 bits per heavy atom. The van der Waals surface area contributed by atoms with Gasteiger partial charge in [-0.25, -0.2) is 0 Å². The quantitative estimate of drug-likeness (QED) is 0.699. The second-order valence-corrected chi connectivity index (χ2v) is 4.92. The van der Waals surface area contributed by atoms with Crippen LogP contribution in [0.1, 0.15) is 11.7 Å². The van der Waals surface area contributed by atoms with E-state index in [1.54, 1.807) is 19.4 Å². The van der Waals surface area contributed by atoms with E-state index in [0.717, 1.165) is 11.3 Å². The molecule has 0 saturated heterocycles. The molecule has 0 spiro atoms. The van der Waals surface area contributed by atoms with Crippen LogP contribution in [0.3, 0.4) is 0 Å². The highest BCUT2D eigenvalue weighted by Crippen LogP contribution is 2.19. The molecular weight excluding hydrogens is 290 g/mol. The Hall–Kier alpha value is -2.79. The molecule has 0 fully saturated rings. The zero-order valence-electron chi connectivity index (χ0n) is 12.8. The van der Waals surface area contributed by atoms with E-state index in [1.165, 1.54) is 0 Å². The number of pyridine rings is 1. The Morgan fingerprint density at radius 1 is 0.870 bits per heavy atom. The van der Waals surface area contributed by atoms with E-state index < -0.39 is 0 Å². The van der Waals surface area contributed by atoms with Crippen LogP contribution in [0.25, 0.3) is 11.4 Å². The van der Waals surface area contributed by atoms with Crippen LogP contribution in [0.15, 0.2) is 66.9 Å². The van der Waals surface area contributed by atoms with Crippen molar-refractivity contribution < 1.29 is 9.47 Å². The summed E-state index contributed by atoms with van der Waals surface area (Å²) >= 11 is 0. The highest BCUT2D eigenvalue weighted by atomic mass is 16.5. The Balaban J connectivity index is 1.64. The van der Waals surface area contributed by atoms with Crippen LogP contribution in [0.4, 0.5) is 0 Å². The number of methoxy groups -OCH3 is 1. The Labute approximate surface area is 134 Å². The van der Waals surface area contributed by atoms with Crippen LogP contribution in [-0.2, 0) is 4.74 Å². The van der Waals surface area contributed by atoms with Crippen molar-refractivity contribution in [2.45, 2.75) is 6.10 Å². The maximum atomic E-state index is 5.69. The molecule has 0 aliphatic carbocycles. The third-order valence-electron chi connectivity index (χ3n) is 3.41. The summed E-state index contributed by atoms with van der Waals surface area (Å²) in [6.45, 7) is 0.373. The van der Waals surface area contributed by atoms with E-state index in [4.69, 9.17) is 9.47 Å². The highest BCUT2D eigenvalue weighted by Gasteiger charge is 2.11. The van der Waals surface area contributed by atoms with Crippen LogP contribution in [0.2, 0.25) is 0 Å². The molecule has 2 aromatic heterocycles. The summed E-state index contributed by atoms with van der Waals surface area (Å²) in [4.78, 5) is 4.24. The number of ether oxygens (including phenoxy) is 2. The predicted octanol–water partition coefficient (Wildman–Crippen LogP) is 3.31. The van der Waals surface area contributed by atoms with Gasteiger partial charge in [0, 0.05) is 19.4 Å². The van der Waals surface area contributed by atoms with Crippen molar-refractivity contribution in [2.24, 2.45) is 0 Å². The van der Waals surface area contributed by atoms with Crippen LogP contribution in [-0.4, -0.2) is 28.9 Å². The largest absolute Gasteiger partial charge is 0.473 e. The third kappa shape index (κ3) is 3.90. The minimum absolute atomic E-state index is 0.145. The molecule has 0 amide bonds. The van der Waals surface area contributed by atoms with Gasteiger partial charge in [-0.05, 0) is 23.8 Å². The highest BCUT2D eigenvalue weighted by molar-refractivity contribution is 5.52. The first kappa shape index (κ1) is 15.1. The molecule has 0 saturated carbocycles. The average molecular weight is 307 g/mol. The van der Waals surface area contributed by atoms with Crippen molar-refractivity contribution in [1.29, 1.82) is 0 Å². The standard InChI is InChI=1S/C18H17N3O2/c1-22-17(14-7-3-2-4-8-14)13-23-18-11-10-16(20-21-18)15-9-5-6-12-19-15/h2-12,17H,13H2,1H3. The molecule has 3 aromatic rings. The molecule has 0 aliphatic heterocycles. The number of nitrogens with zero attached hydrogens (tertiary/aromatic N) is 3. The lowest BCUT2D eigenvalue weighted by molar-refractivity contribution is 0.0556. The molecule has 1 atom stereocenters. The van der Waals surface area contributed by atoms with E-state index >= 15 is 0 Å². The number of benzene rings is 1. The molecule has 0 N–H and O–H groups in total. The zero-order chi connectivity index (χ0) is 15.9. The second kappa shape index (κ2) is 7.47. The van der Waals surface area contributed by atoms with Crippen molar-refractivity contribution in [3.63, 3.8) is 0 Å². The van der Waals surface area contributed by atoms with Crippen LogP contribution in [0, 0.1) is 0 Å². The summed E-state index contributed by atoms with van der Waals surface area (Å²) in [5, 5.41) is 8.23. The molecule has 3 rings (SSSR count). The molecule has 1 aromatic carbocycles. The normalized spacial score (nSPS) is 11.9. The molecule has 116 valence electrons. The number of rotatable bonds is 6. The monoisotopic (exact) mass is 307 g/mol. The van der Waals surface area contributed by atoms with Gasteiger partial charge in [-0.3, -0.25) is 4.98 Å². The fraction of sp³-hybridized carbons (Fsp3) is 0.167. The lowest BCUT2D eigenvalue weighted by Crippen LogP contribution is -2.13. The molecule has 2 heterocycles. The Kier molecular flexibility index (Phi) is 4.91. The SMILES string of the molecule is COC(COc1ccc(-c2ccccn2)nn1)c1ccccc1. The van der Waals surface area contributed by atoms with Crippen LogP contribution >= 0.6 is 0 Å². The number of hydrogen-bond acceptors (Lipinski definition) is 5. The van der Waals surface area contributed by atoms with Gasteiger partial charge in [0.15, 0.2) is 0 Å². The minimum Gasteiger partial charge on any atom is -0.473 e. The molecule has 0 aliphatic rings. The minimum atomic E-state index is -0.145. The first-order valence-electron chi connectivity index (χ1n) is 7.32. The van der Waals surface area contributed by atoms with E-state index in [-0.39, 0.29) is 6.10 Å². The van der Waals surface area contributed by atoms with Crippen molar-refractivity contribution in [2.75, 3.05) is 13.7 Å². The summed E-state index contributed by atoms with van der Waals surface area (Å²) < 4.78 is 11.2. The molecule has 0 bridgehead atoms. The maximum absolute atomic E-state index is 5.69.